The van der Waals surface area contributed by atoms with Crippen LogP contribution >= 0.6 is 0 Å². The molecular formula is C13H25N5O. The summed E-state index contributed by atoms with van der Waals surface area (Å²) < 4.78 is 7.41. The quantitative estimate of drug-likeness (QED) is 0.847. The van der Waals surface area contributed by atoms with Crippen molar-refractivity contribution < 1.29 is 4.74 Å². The molecule has 1 aliphatic heterocycles. The lowest BCUT2D eigenvalue weighted by atomic mass is 10.0. The minimum Gasteiger partial charge on any atom is -0.381 e. The van der Waals surface area contributed by atoms with Gasteiger partial charge in [0.15, 0.2) is 5.82 Å². The zero-order valence-electron chi connectivity index (χ0n) is 12.3. The Morgan fingerprint density at radius 2 is 2.16 bits per heavy atom. The zero-order valence-corrected chi connectivity index (χ0v) is 12.3. The molecule has 1 aromatic rings. The average Bonchev–Trinajstić information content (AvgIpc) is 3.05. The maximum Gasteiger partial charge on any atom is 0.168 e. The van der Waals surface area contributed by atoms with Gasteiger partial charge in [0.25, 0.3) is 0 Å². The first-order chi connectivity index (χ1) is 9.09. The van der Waals surface area contributed by atoms with E-state index >= 15 is 0 Å². The molecule has 108 valence electrons. The lowest BCUT2D eigenvalue weighted by Crippen LogP contribution is -2.28. The maximum absolute atomic E-state index is 5.46. The summed E-state index contributed by atoms with van der Waals surface area (Å²) >= 11 is 0. The van der Waals surface area contributed by atoms with Gasteiger partial charge in [-0.3, -0.25) is 0 Å². The van der Waals surface area contributed by atoms with Gasteiger partial charge in [0.1, 0.15) is 0 Å². The predicted octanol–water partition coefficient (Wildman–Crippen LogP) is 1.58. The molecule has 1 saturated heterocycles. The summed E-state index contributed by atoms with van der Waals surface area (Å²) in [7, 11) is 0. The van der Waals surface area contributed by atoms with Crippen LogP contribution in [0.1, 0.15) is 52.0 Å². The van der Waals surface area contributed by atoms with Gasteiger partial charge >= 0.3 is 0 Å². The van der Waals surface area contributed by atoms with Crippen molar-refractivity contribution >= 4 is 0 Å². The Hall–Kier alpha value is -1.01. The highest BCUT2D eigenvalue weighted by molar-refractivity contribution is 4.93. The molecule has 1 aromatic heterocycles. The lowest BCUT2D eigenvalue weighted by Gasteiger charge is -2.21. The van der Waals surface area contributed by atoms with Gasteiger partial charge in [-0.05, 0) is 43.2 Å². The van der Waals surface area contributed by atoms with Gasteiger partial charge in [-0.15, -0.1) is 5.10 Å². The molecule has 3 unspecified atom stereocenters. The number of nitrogens with zero attached hydrogens (tertiary/aromatic N) is 4. The van der Waals surface area contributed by atoms with E-state index < -0.39 is 0 Å². The number of aromatic nitrogens is 4. The largest absolute Gasteiger partial charge is 0.381 e. The van der Waals surface area contributed by atoms with Crippen molar-refractivity contribution in [3.05, 3.63) is 5.82 Å². The van der Waals surface area contributed by atoms with Gasteiger partial charge in [-0.2, -0.15) is 0 Å². The van der Waals surface area contributed by atoms with E-state index in [9.17, 15) is 0 Å². The van der Waals surface area contributed by atoms with Crippen LogP contribution in [0.15, 0.2) is 0 Å². The Morgan fingerprint density at radius 3 is 2.79 bits per heavy atom. The molecule has 2 heterocycles. The molecule has 1 N–H and O–H groups in total. The van der Waals surface area contributed by atoms with E-state index in [1.165, 1.54) is 0 Å². The molecule has 1 aliphatic rings. The van der Waals surface area contributed by atoms with E-state index in [1.54, 1.807) is 0 Å². The first-order valence-electron chi connectivity index (χ1n) is 7.18. The van der Waals surface area contributed by atoms with Crippen molar-refractivity contribution in [3.8, 4) is 0 Å². The van der Waals surface area contributed by atoms with E-state index in [0.29, 0.717) is 11.8 Å². The molecule has 0 aliphatic carbocycles. The first-order valence-corrected chi connectivity index (χ1v) is 7.18. The molecule has 0 amide bonds. The van der Waals surface area contributed by atoms with Crippen LogP contribution in [0.4, 0.5) is 0 Å². The van der Waals surface area contributed by atoms with Crippen molar-refractivity contribution in [2.24, 2.45) is 11.8 Å². The standard InChI is InChI=1S/C13H25N5O/c1-9(2)7-14-10(3)13-15-16-17-18(13)11(4)12-5-6-19-8-12/h9-12,14H,5-8H2,1-4H3. The summed E-state index contributed by atoms with van der Waals surface area (Å²) in [5.41, 5.74) is 0. The molecule has 0 bridgehead atoms. The molecular weight excluding hydrogens is 242 g/mol. The minimum absolute atomic E-state index is 0.169. The minimum atomic E-state index is 0.169. The molecule has 0 saturated carbocycles. The third-order valence-electron chi connectivity index (χ3n) is 3.77. The maximum atomic E-state index is 5.46. The summed E-state index contributed by atoms with van der Waals surface area (Å²) in [6.45, 7) is 11.3. The van der Waals surface area contributed by atoms with Gasteiger partial charge in [0.2, 0.25) is 0 Å². The monoisotopic (exact) mass is 267 g/mol. The van der Waals surface area contributed by atoms with Crippen LogP contribution in [0, 0.1) is 11.8 Å². The van der Waals surface area contributed by atoms with Gasteiger partial charge in [-0.1, -0.05) is 13.8 Å². The summed E-state index contributed by atoms with van der Waals surface area (Å²) in [5.74, 6) is 2.05. The Bertz CT molecular complexity index is 386. The third-order valence-corrected chi connectivity index (χ3v) is 3.77. The van der Waals surface area contributed by atoms with Gasteiger partial charge < -0.3 is 10.1 Å². The van der Waals surface area contributed by atoms with Crippen LogP contribution in [-0.4, -0.2) is 40.0 Å². The Kier molecular flexibility index (Phi) is 4.87. The van der Waals surface area contributed by atoms with Crippen LogP contribution in [0.25, 0.3) is 0 Å². The Balaban J connectivity index is 2.03. The number of hydrogen-bond donors (Lipinski definition) is 1. The van der Waals surface area contributed by atoms with E-state index in [2.05, 4.69) is 48.5 Å². The fraction of sp³-hybridized carbons (Fsp3) is 0.923. The van der Waals surface area contributed by atoms with Crippen LogP contribution in [0.5, 0.6) is 0 Å². The molecule has 0 spiro atoms. The molecule has 3 atom stereocenters. The molecule has 19 heavy (non-hydrogen) atoms. The highest BCUT2D eigenvalue weighted by atomic mass is 16.5. The van der Waals surface area contributed by atoms with Crippen molar-refractivity contribution in [1.82, 2.24) is 25.5 Å². The molecule has 6 heteroatoms. The fourth-order valence-corrected chi connectivity index (χ4v) is 2.41. The highest BCUT2D eigenvalue weighted by Crippen LogP contribution is 2.27. The lowest BCUT2D eigenvalue weighted by molar-refractivity contribution is 0.171. The van der Waals surface area contributed by atoms with E-state index in [-0.39, 0.29) is 12.1 Å². The molecule has 6 nitrogen and oxygen atoms in total. The van der Waals surface area contributed by atoms with Gasteiger partial charge in [0.05, 0.1) is 18.7 Å². The van der Waals surface area contributed by atoms with Crippen molar-refractivity contribution in [3.63, 3.8) is 0 Å². The average molecular weight is 267 g/mol. The topological polar surface area (TPSA) is 64.9 Å². The summed E-state index contributed by atoms with van der Waals surface area (Å²) in [6, 6.07) is 0.456. The van der Waals surface area contributed by atoms with Gasteiger partial charge in [-0.25, -0.2) is 4.68 Å². The molecule has 0 aromatic carbocycles. The second-order valence-electron chi connectivity index (χ2n) is 5.87. The number of nitrogens with one attached hydrogen (secondary N) is 1. The zero-order chi connectivity index (χ0) is 13.8. The second-order valence-corrected chi connectivity index (χ2v) is 5.87. The highest BCUT2D eigenvalue weighted by Gasteiger charge is 2.27. The second kappa shape index (κ2) is 6.43. The van der Waals surface area contributed by atoms with Crippen LogP contribution < -0.4 is 5.32 Å². The number of ether oxygens (including phenoxy) is 1. The van der Waals surface area contributed by atoms with Crippen LogP contribution in [0.2, 0.25) is 0 Å². The van der Waals surface area contributed by atoms with Crippen molar-refractivity contribution in [2.45, 2.75) is 46.2 Å². The van der Waals surface area contributed by atoms with E-state index in [1.807, 2.05) is 4.68 Å². The summed E-state index contributed by atoms with van der Waals surface area (Å²) in [5, 5.41) is 15.7. The summed E-state index contributed by atoms with van der Waals surface area (Å²) in [6.07, 6.45) is 1.09. The molecule has 0 radical (unpaired) electrons. The predicted molar refractivity (Wildman–Crippen MR) is 72.7 cm³/mol. The third kappa shape index (κ3) is 3.51. The summed E-state index contributed by atoms with van der Waals surface area (Å²) in [4.78, 5) is 0. The van der Waals surface area contributed by atoms with Crippen molar-refractivity contribution in [2.75, 3.05) is 19.8 Å². The van der Waals surface area contributed by atoms with Crippen LogP contribution in [-0.2, 0) is 4.74 Å². The Labute approximate surface area is 114 Å². The smallest absolute Gasteiger partial charge is 0.168 e. The van der Waals surface area contributed by atoms with E-state index in [0.717, 1.165) is 32.0 Å². The molecule has 1 fully saturated rings. The Morgan fingerprint density at radius 1 is 1.37 bits per heavy atom. The van der Waals surface area contributed by atoms with Crippen LogP contribution in [0.3, 0.4) is 0 Å². The molecule has 2 rings (SSSR count). The first kappa shape index (κ1) is 14.4. The normalized spacial score (nSPS) is 22.9. The fourth-order valence-electron chi connectivity index (χ4n) is 2.41. The van der Waals surface area contributed by atoms with Crippen molar-refractivity contribution in [1.29, 1.82) is 0 Å². The van der Waals surface area contributed by atoms with Gasteiger partial charge in [0, 0.05) is 12.5 Å². The number of tetrazole rings is 1. The SMILES string of the molecule is CC(C)CNC(C)c1nnnn1C(C)C1CCOC1. The number of hydrogen-bond acceptors (Lipinski definition) is 5. The van der Waals surface area contributed by atoms with E-state index in [4.69, 9.17) is 4.74 Å². The number of rotatable bonds is 6.